The van der Waals surface area contributed by atoms with E-state index in [9.17, 15) is 0 Å². The fourth-order valence-corrected chi connectivity index (χ4v) is 6.35. The molecule has 0 N–H and O–H groups in total. The van der Waals surface area contributed by atoms with Crippen LogP contribution in [0.3, 0.4) is 0 Å². The van der Waals surface area contributed by atoms with Gasteiger partial charge in [0.15, 0.2) is 0 Å². The van der Waals surface area contributed by atoms with Crippen molar-refractivity contribution in [3.63, 3.8) is 0 Å². The van der Waals surface area contributed by atoms with Gasteiger partial charge in [-0.2, -0.15) is 0 Å². The van der Waals surface area contributed by atoms with Crippen molar-refractivity contribution in [2.45, 2.75) is 48.0 Å². The van der Waals surface area contributed by atoms with E-state index < -0.39 is 0 Å². The molecule has 1 aliphatic rings. The van der Waals surface area contributed by atoms with Gasteiger partial charge < -0.3 is 0 Å². The van der Waals surface area contributed by atoms with Crippen molar-refractivity contribution < 1.29 is 0 Å². The van der Waals surface area contributed by atoms with Crippen LogP contribution in [0.15, 0.2) is 141 Å². The molecular weight excluding hydrogens is 625 g/mol. The number of pyridine rings is 2. The van der Waals surface area contributed by atoms with Gasteiger partial charge in [-0.3, -0.25) is 20.0 Å². The number of fused-ring (bicyclic) bond motifs is 3. The van der Waals surface area contributed by atoms with Gasteiger partial charge in [-0.05, 0) is 142 Å². The van der Waals surface area contributed by atoms with E-state index in [1.807, 2.05) is 100 Å². The second-order valence-corrected chi connectivity index (χ2v) is 13.0. The Kier molecular flexibility index (Phi) is 9.40. The number of aryl methyl sites for hydroxylation is 2. The van der Waals surface area contributed by atoms with Crippen LogP contribution in [-0.2, 0) is 6.42 Å². The molecule has 0 spiro atoms. The topological polar surface area (TPSA) is 75.2 Å². The highest BCUT2D eigenvalue weighted by Gasteiger charge is 2.19. The lowest BCUT2D eigenvalue weighted by atomic mass is 10.0. The molecule has 0 fully saturated rings. The van der Waals surface area contributed by atoms with Crippen LogP contribution in [0.2, 0.25) is 0 Å². The molecule has 0 saturated carbocycles. The summed E-state index contributed by atoms with van der Waals surface area (Å²) < 4.78 is 0. The molecule has 2 heterocycles. The summed E-state index contributed by atoms with van der Waals surface area (Å²) in [5, 5.41) is 0. The molecule has 4 aromatic carbocycles. The molecule has 2 aromatic heterocycles. The van der Waals surface area contributed by atoms with Crippen molar-refractivity contribution in [1.82, 2.24) is 9.97 Å². The van der Waals surface area contributed by atoms with E-state index >= 15 is 0 Å². The summed E-state index contributed by atoms with van der Waals surface area (Å²) in [6.07, 6.45) is 0.833. The van der Waals surface area contributed by atoms with Gasteiger partial charge in [0.2, 0.25) is 0 Å². The summed E-state index contributed by atoms with van der Waals surface area (Å²) in [5.41, 5.74) is 17.8. The van der Waals surface area contributed by atoms with Gasteiger partial charge in [-0.25, -0.2) is 9.97 Å². The Hall–Kier alpha value is -6.14. The average molecular weight is 665 g/mol. The second-order valence-electron chi connectivity index (χ2n) is 13.0. The average Bonchev–Trinajstić information content (AvgIpc) is 3.50. The number of para-hydroxylation sites is 2. The first-order valence-corrected chi connectivity index (χ1v) is 17.3. The minimum atomic E-state index is 0.833. The van der Waals surface area contributed by atoms with Crippen LogP contribution in [-0.4, -0.2) is 32.8 Å². The van der Waals surface area contributed by atoms with Crippen molar-refractivity contribution in [1.29, 1.82) is 0 Å². The van der Waals surface area contributed by atoms with Crippen LogP contribution in [0, 0.1) is 13.8 Å². The Morgan fingerprint density at radius 1 is 0.431 bits per heavy atom. The monoisotopic (exact) mass is 664 g/mol. The first-order chi connectivity index (χ1) is 24.7. The first-order valence-electron chi connectivity index (χ1n) is 17.3. The molecule has 7 rings (SSSR count). The van der Waals surface area contributed by atoms with Gasteiger partial charge in [0.25, 0.3) is 0 Å². The fourth-order valence-electron chi connectivity index (χ4n) is 6.35. The van der Waals surface area contributed by atoms with Gasteiger partial charge in [0.05, 0.1) is 68.4 Å². The van der Waals surface area contributed by atoms with E-state index in [0.717, 1.165) is 85.9 Å². The largest absolute Gasteiger partial charge is 0.252 e. The zero-order valence-electron chi connectivity index (χ0n) is 29.9. The number of aromatic nitrogens is 2. The van der Waals surface area contributed by atoms with Crippen LogP contribution >= 0.6 is 0 Å². The lowest BCUT2D eigenvalue weighted by Crippen LogP contribution is -2.05. The Labute approximate surface area is 300 Å². The summed E-state index contributed by atoms with van der Waals surface area (Å²) in [6.45, 7) is 12.2. The van der Waals surface area contributed by atoms with Crippen molar-refractivity contribution in [2.75, 3.05) is 0 Å². The van der Waals surface area contributed by atoms with Gasteiger partial charge >= 0.3 is 0 Å². The summed E-state index contributed by atoms with van der Waals surface area (Å²) in [6, 6.07) is 41.2. The number of nitrogens with zero attached hydrogens (tertiary/aromatic N) is 6. The quantitative estimate of drug-likeness (QED) is 0.152. The first kappa shape index (κ1) is 33.4. The van der Waals surface area contributed by atoms with Crippen molar-refractivity contribution in [3.8, 4) is 11.1 Å². The highest BCUT2D eigenvalue weighted by Crippen LogP contribution is 2.40. The third-order valence-corrected chi connectivity index (χ3v) is 9.23. The van der Waals surface area contributed by atoms with Gasteiger partial charge in [-0.15, -0.1) is 0 Å². The minimum absolute atomic E-state index is 0.833. The van der Waals surface area contributed by atoms with Crippen LogP contribution in [0.5, 0.6) is 0 Å². The number of hydrogen-bond acceptors (Lipinski definition) is 6. The maximum atomic E-state index is 4.98. The van der Waals surface area contributed by atoms with E-state index in [1.165, 1.54) is 22.3 Å². The predicted molar refractivity (Wildman–Crippen MR) is 213 cm³/mol. The lowest BCUT2D eigenvalue weighted by molar-refractivity contribution is 1.23. The van der Waals surface area contributed by atoms with Crippen molar-refractivity contribution in [3.05, 3.63) is 166 Å². The van der Waals surface area contributed by atoms with Crippen LogP contribution in [0.25, 0.3) is 11.1 Å². The summed E-state index contributed by atoms with van der Waals surface area (Å²) in [7, 11) is 0. The molecule has 0 unspecified atom stereocenters. The van der Waals surface area contributed by atoms with Crippen LogP contribution < -0.4 is 0 Å². The molecule has 51 heavy (non-hydrogen) atoms. The molecular formula is C45H40N6. The third-order valence-electron chi connectivity index (χ3n) is 9.23. The number of hydrogen-bond donors (Lipinski definition) is 0. The molecule has 6 aromatic rings. The second kappa shape index (κ2) is 14.4. The van der Waals surface area contributed by atoms with E-state index in [0.29, 0.717) is 0 Å². The predicted octanol–water partition coefficient (Wildman–Crippen LogP) is 11.2. The maximum Gasteiger partial charge on any atom is 0.0849 e. The van der Waals surface area contributed by atoms with E-state index in [-0.39, 0.29) is 0 Å². The van der Waals surface area contributed by atoms with Gasteiger partial charge in [-0.1, -0.05) is 60.7 Å². The Morgan fingerprint density at radius 3 is 1.20 bits per heavy atom. The molecule has 6 heteroatoms. The number of rotatable bonds is 8. The van der Waals surface area contributed by atoms with Crippen LogP contribution in [0.1, 0.15) is 72.7 Å². The Morgan fingerprint density at radius 2 is 0.804 bits per heavy atom. The minimum Gasteiger partial charge on any atom is -0.252 e. The maximum absolute atomic E-state index is 4.98. The summed E-state index contributed by atoms with van der Waals surface area (Å²) in [4.78, 5) is 29.4. The zero-order valence-corrected chi connectivity index (χ0v) is 29.9. The highest BCUT2D eigenvalue weighted by molar-refractivity contribution is 6.03. The molecule has 0 amide bonds. The van der Waals surface area contributed by atoms with E-state index in [1.54, 1.807) is 0 Å². The molecule has 0 radical (unpaired) electrons. The SMILES string of the molecule is CC(=Nc1ccc2c(c1)Cc1cc(N=C(C)c3cccc(C(C)=Nc4ccccc4C)n3)ccc1-2)c1cccc(C(C)=Nc2ccccc2C)n1. The Bertz CT molecular complexity index is 2240. The molecule has 0 bridgehead atoms. The number of aliphatic imine (C=N–C) groups is 4. The zero-order chi connectivity index (χ0) is 35.5. The molecule has 0 saturated heterocycles. The van der Waals surface area contributed by atoms with Crippen LogP contribution in [0.4, 0.5) is 22.7 Å². The molecule has 6 nitrogen and oxygen atoms in total. The summed E-state index contributed by atoms with van der Waals surface area (Å²) >= 11 is 0. The lowest BCUT2D eigenvalue weighted by Gasteiger charge is -2.07. The van der Waals surface area contributed by atoms with Gasteiger partial charge in [0.1, 0.15) is 0 Å². The molecule has 0 atom stereocenters. The molecule has 0 aliphatic heterocycles. The van der Waals surface area contributed by atoms with Crippen molar-refractivity contribution in [2.24, 2.45) is 20.0 Å². The molecule has 1 aliphatic carbocycles. The highest BCUT2D eigenvalue weighted by atomic mass is 14.8. The molecule has 250 valence electrons. The standard InChI is InChI=1S/C45H40N6/c1-28-13-7-9-15-40(28)48-32(5)44-19-11-17-42(50-44)30(3)46-36-21-23-38-34(26-36)25-35-27-37(22-24-39(35)38)47-31(4)43-18-12-20-45(51-43)33(6)49-41-16-10-8-14-29(41)2/h7-24,26-27H,25H2,1-6H3. The Balaban J connectivity index is 1.08. The van der Waals surface area contributed by atoms with Crippen molar-refractivity contribution >= 4 is 45.6 Å². The van der Waals surface area contributed by atoms with E-state index in [2.05, 4.69) is 62.4 Å². The fraction of sp³-hybridized carbons (Fsp3) is 0.156. The number of benzene rings is 4. The normalized spacial score (nSPS) is 13.3. The van der Waals surface area contributed by atoms with E-state index in [4.69, 9.17) is 29.9 Å². The smallest absolute Gasteiger partial charge is 0.0849 e. The van der Waals surface area contributed by atoms with Gasteiger partial charge in [0, 0.05) is 0 Å². The summed E-state index contributed by atoms with van der Waals surface area (Å²) in [5.74, 6) is 0. The third kappa shape index (κ3) is 7.41.